The topological polar surface area (TPSA) is 86.9 Å². The summed E-state index contributed by atoms with van der Waals surface area (Å²) in [6.07, 6.45) is 1.62. The van der Waals surface area contributed by atoms with Crippen molar-refractivity contribution in [3.8, 4) is 0 Å². The van der Waals surface area contributed by atoms with Gasteiger partial charge in [-0.3, -0.25) is 4.79 Å². The summed E-state index contributed by atoms with van der Waals surface area (Å²) in [7, 11) is 0. The average molecular weight is 257 g/mol. The van der Waals surface area contributed by atoms with Crippen LogP contribution in [0.15, 0.2) is 0 Å². The van der Waals surface area contributed by atoms with Gasteiger partial charge in [-0.05, 0) is 26.7 Å². The fourth-order valence-electron chi connectivity index (χ4n) is 2.06. The Hall–Kier alpha value is -1.30. The molecule has 0 radical (unpaired) electrons. The molecular formula is C12H23N3O3. The van der Waals surface area contributed by atoms with Crippen molar-refractivity contribution >= 4 is 12.0 Å². The van der Waals surface area contributed by atoms with Crippen LogP contribution in [0.1, 0.15) is 33.1 Å². The smallest absolute Gasteiger partial charge is 0.320 e. The number of piperidine rings is 1. The van der Waals surface area contributed by atoms with E-state index in [0.29, 0.717) is 13.1 Å². The van der Waals surface area contributed by atoms with Gasteiger partial charge in [-0.25, -0.2) is 4.79 Å². The number of rotatable bonds is 4. The van der Waals surface area contributed by atoms with E-state index < -0.39 is 5.97 Å². The molecule has 0 aromatic heterocycles. The highest BCUT2D eigenvalue weighted by molar-refractivity contribution is 5.76. The summed E-state index contributed by atoms with van der Waals surface area (Å²) in [4.78, 5) is 26.3. The van der Waals surface area contributed by atoms with Gasteiger partial charge >= 0.3 is 12.0 Å². The highest BCUT2D eigenvalue weighted by atomic mass is 16.4. The molecule has 1 heterocycles. The molecule has 0 spiro atoms. The molecular weight excluding hydrogens is 234 g/mol. The Labute approximate surface area is 108 Å². The van der Waals surface area contributed by atoms with E-state index in [9.17, 15) is 9.59 Å². The third kappa shape index (κ3) is 4.18. The van der Waals surface area contributed by atoms with Gasteiger partial charge in [-0.2, -0.15) is 0 Å². The minimum Gasteiger partial charge on any atom is -0.481 e. The van der Waals surface area contributed by atoms with Gasteiger partial charge in [0.15, 0.2) is 0 Å². The zero-order valence-electron chi connectivity index (χ0n) is 11.1. The summed E-state index contributed by atoms with van der Waals surface area (Å²) in [5, 5.41) is 8.70. The minimum absolute atomic E-state index is 0.00690. The number of urea groups is 1. The highest BCUT2D eigenvalue weighted by Gasteiger charge is 2.26. The molecule has 3 N–H and O–H groups in total. The number of nitrogens with two attached hydrogens (primary N) is 1. The van der Waals surface area contributed by atoms with Gasteiger partial charge in [-0.1, -0.05) is 0 Å². The molecule has 0 aromatic rings. The molecule has 0 saturated carbocycles. The molecule has 0 aromatic carbocycles. The first-order chi connectivity index (χ1) is 8.41. The number of carbonyl (C=O) groups excluding carboxylic acids is 1. The van der Waals surface area contributed by atoms with Gasteiger partial charge in [0.05, 0.1) is 6.42 Å². The first kappa shape index (κ1) is 14.8. The van der Waals surface area contributed by atoms with Crippen LogP contribution in [-0.4, -0.2) is 58.6 Å². The van der Waals surface area contributed by atoms with Crippen molar-refractivity contribution < 1.29 is 14.7 Å². The van der Waals surface area contributed by atoms with Crippen molar-refractivity contribution in [3.63, 3.8) is 0 Å². The van der Waals surface area contributed by atoms with E-state index in [1.807, 2.05) is 13.8 Å². The molecule has 1 saturated heterocycles. The zero-order chi connectivity index (χ0) is 13.7. The van der Waals surface area contributed by atoms with Crippen molar-refractivity contribution in [1.29, 1.82) is 0 Å². The largest absolute Gasteiger partial charge is 0.481 e. The molecule has 2 amide bonds. The number of carbonyl (C=O) groups is 2. The van der Waals surface area contributed by atoms with Gasteiger partial charge in [0.25, 0.3) is 0 Å². The Morgan fingerprint density at radius 2 is 1.94 bits per heavy atom. The summed E-state index contributed by atoms with van der Waals surface area (Å²) >= 11 is 0. The van der Waals surface area contributed by atoms with E-state index in [1.165, 1.54) is 0 Å². The van der Waals surface area contributed by atoms with Crippen LogP contribution in [-0.2, 0) is 4.79 Å². The van der Waals surface area contributed by atoms with Crippen molar-refractivity contribution in [2.75, 3.05) is 19.6 Å². The Bertz CT molecular complexity index is 299. The molecule has 1 aliphatic heterocycles. The quantitative estimate of drug-likeness (QED) is 0.776. The third-order valence-electron chi connectivity index (χ3n) is 3.25. The first-order valence-electron chi connectivity index (χ1n) is 6.44. The summed E-state index contributed by atoms with van der Waals surface area (Å²) in [6, 6.07) is 0.117. The standard InChI is InChI=1S/C12H23N3O3/c1-9(2)15(8-5-11(16)17)12(18)14-6-3-10(13)4-7-14/h9-10H,3-8,13H2,1-2H3,(H,16,17). The van der Waals surface area contributed by atoms with E-state index >= 15 is 0 Å². The molecule has 0 aliphatic carbocycles. The molecule has 1 rings (SSSR count). The fraction of sp³-hybridized carbons (Fsp3) is 0.833. The SMILES string of the molecule is CC(C)N(CCC(=O)O)C(=O)N1CCC(N)CC1. The van der Waals surface area contributed by atoms with Crippen LogP contribution in [0.4, 0.5) is 4.79 Å². The van der Waals surface area contributed by atoms with Gasteiger partial charge in [0.2, 0.25) is 0 Å². The number of likely N-dealkylation sites (tertiary alicyclic amines) is 1. The van der Waals surface area contributed by atoms with Crippen molar-refractivity contribution in [2.45, 2.75) is 45.2 Å². The lowest BCUT2D eigenvalue weighted by molar-refractivity contribution is -0.137. The number of carboxylic acid groups (broad SMARTS) is 1. The molecule has 0 bridgehead atoms. The van der Waals surface area contributed by atoms with Crippen LogP contribution >= 0.6 is 0 Å². The van der Waals surface area contributed by atoms with Gasteiger partial charge in [0.1, 0.15) is 0 Å². The summed E-state index contributed by atoms with van der Waals surface area (Å²) in [6.45, 7) is 5.38. The second kappa shape index (κ2) is 6.58. The molecule has 0 atom stereocenters. The maximum Gasteiger partial charge on any atom is 0.320 e. The summed E-state index contributed by atoms with van der Waals surface area (Å²) in [5.74, 6) is -0.880. The Morgan fingerprint density at radius 1 is 1.39 bits per heavy atom. The van der Waals surface area contributed by atoms with E-state index in [-0.39, 0.29) is 31.1 Å². The molecule has 18 heavy (non-hydrogen) atoms. The van der Waals surface area contributed by atoms with Crippen molar-refractivity contribution in [3.05, 3.63) is 0 Å². The van der Waals surface area contributed by atoms with Gasteiger partial charge < -0.3 is 20.6 Å². The van der Waals surface area contributed by atoms with Crippen molar-refractivity contribution in [2.24, 2.45) is 5.73 Å². The molecule has 0 unspecified atom stereocenters. The molecule has 104 valence electrons. The van der Waals surface area contributed by atoms with E-state index in [0.717, 1.165) is 12.8 Å². The number of carboxylic acids is 1. The molecule has 6 nitrogen and oxygen atoms in total. The fourth-order valence-corrected chi connectivity index (χ4v) is 2.06. The van der Waals surface area contributed by atoms with E-state index in [1.54, 1.807) is 9.80 Å². The van der Waals surface area contributed by atoms with E-state index in [4.69, 9.17) is 10.8 Å². The second-order valence-corrected chi connectivity index (χ2v) is 5.04. The number of hydrogen-bond acceptors (Lipinski definition) is 3. The normalized spacial score (nSPS) is 17.0. The van der Waals surface area contributed by atoms with Gasteiger partial charge in [0, 0.05) is 31.7 Å². The maximum atomic E-state index is 12.3. The van der Waals surface area contributed by atoms with Crippen molar-refractivity contribution in [1.82, 2.24) is 9.80 Å². The zero-order valence-corrected chi connectivity index (χ0v) is 11.1. The van der Waals surface area contributed by atoms with E-state index in [2.05, 4.69) is 0 Å². The highest BCUT2D eigenvalue weighted by Crippen LogP contribution is 2.13. The lowest BCUT2D eigenvalue weighted by atomic mass is 10.1. The Morgan fingerprint density at radius 3 is 2.39 bits per heavy atom. The monoisotopic (exact) mass is 257 g/mol. The van der Waals surface area contributed by atoms with Crippen LogP contribution in [0.2, 0.25) is 0 Å². The van der Waals surface area contributed by atoms with Crippen LogP contribution in [0.5, 0.6) is 0 Å². The predicted molar refractivity (Wildman–Crippen MR) is 68.3 cm³/mol. The third-order valence-corrected chi connectivity index (χ3v) is 3.25. The lowest BCUT2D eigenvalue weighted by Crippen LogP contribution is -2.51. The van der Waals surface area contributed by atoms with Crippen LogP contribution in [0.25, 0.3) is 0 Å². The summed E-state index contributed by atoms with van der Waals surface area (Å²) < 4.78 is 0. The minimum atomic E-state index is -0.880. The maximum absolute atomic E-state index is 12.3. The lowest BCUT2D eigenvalue weighted by Gasteiger charge is -2.36. The number of hydrogen-bond donors (Lipinski definition) is 2. The van der Waals surface area contributed by atoms with Gasteiger partial charge in [-0.15, -0.1) is 0 Å². The number of amides is 2. The molecule has 1 fully saturated rings. The number of aliphatic carboxylic acids is 1. The Balaban J connectivity index is 2.56. The summed E-state index contributed by atoms with van der Waals surface area (Å²) in [5.41, 5.74) is 5.80. The van der Waals surface area contributed by atoms with Crippen LogP contribution in [0, 0.1) is 0 Å². The number of nitrogens with zero attached hydrogens (tertiary/aromatic N) is 2. The predicted octanol–water partition coefficient (Wildman–Crippen LogP) is 0.715. The molecule has 1 aliphatic rings. The Kier molecular flexibility index (Phi) is 5.40. The molecule has 6 heteroatoms. The first-order valence-corrected chi connectivity index (χ1v) is 6.44. The second-order valence-electron chi connectivity index (χ2n) is 5.04. The van der Waals surface area contributed by atoms with Crippen LogP contribution in [0.3, 0.4) is 0 Å². The van der Waals surface area contributed by atoms with Crippen LogP contribution < -0.4 is 5.73 Å². The average Bonchev–Trinajstić information content (AvgIpc) is 2.29.